The Bertz CT molecular complexity index is 573. The molecule has 0 radical (unpaired) electrons. The average molecular weight is 248 g/mol. The van der Waals surface area contributed by atoms with Gasteiger partial charge in [0.25, 0.3) is 0 Å². The van der Waals surface area contributed by atoms with Crippen molar-refractivity contribution in [2.45, 2.75) is 12.3 Å². The highest BCUT2D eigenvalue weighted by molar-refractivity contribution is 7.99. The molecule has 3 heterocycles. The molecule has 0 bridgehead atoms. The maximum Gasteiger partial charge on any atom is 0.335 e. The van der Waals surface area contributed by atoms with Crippen LogP contribution < -0.4 is 0 Å². The van der Waals surface area contributed by atoms with E-state index in [9.17, 15) is 4.79 Å². The maximum absolute atomic E-state index is 10.9. The van der Waals surface area contributed by atoms with Crippen LogP contribution in [0, 0.1) is 0 Å². The fourth-order valence-electron chi connectivity index (χ4n) is 2.10. The van der Waals surface area contributed by atoms with Crippen molar-refractivity contribution >= 4 is 23.4 Å². The number of pyridine rings is 1. The van der Waals surface area contributed by atoms with E-state index in [0.29, 0.717) is 5.92 Å². The van der Waals surface area contributed by atoms with E-state index in [-0.39, 0.29) is 5.56 Å². The number of fused-ring (bicyclic) bond motifs is 1. The summed E-state index contributed by atoms with van der Waals surface area (Å²) in [7, 11) is 0. The number of nitrogens with zero attached hydrogens (tertiary/aromatic N) is 2. The van der Waals surface area contributed by atoms with Crippen molar-refractivity contribution in [2.75, 3.05) is 11.5 Å². The smallest absolute Gasteiger partial charge is 0.335 e. The normalized spacial score (nSPS) is 19.9. The minimum absolute atomic E-state index is 0.287. The molecule has 1 aliphatic heterocycles. The van der Waals surface area contributed by atoms with E-state index in [1.54, 1.807) is 18.3 Å². The SMILES string of the molecule is O=C(O)c1ccn2cc(C3CCSC3)nc2c1. The fraction of sp³-hybridized carbons (Fsp3) is 0.333. The second-order valence-electron chi connectivity index (χ2n) is 4.21. The van der Waals surface area contributed by atoms with Crippen LogP contribution in [0.2, 0.25) is 0 Å². The first-order valence-corrected chi connectivity index (χ1v) is 6.69. The molecule has 1 atom stereocenters. The van der Waals surface area contributed by atoms with Crippen LogP contribution in [-0.2, 0) is 0 Å². The second-order valence-corrected chi connectivity index (χ2v) is 5.36. The molecule has 1 fully saturated rings. The monoisotopic (exact) mass is 248 g/mol. The van der Waals surface area contributed by atoms with Crippen molar-refractivity contribution in [3.8, 4) is 0 Å². The lowest BCUT2D eigenvalue weighted by atomic mass is 10.1. The zero-order valence-electron chi connectivity index (χ0n) is 9.17. The van der Waals surface area contributed by atoms with E-state index >= 15 is 0 Å². The lowest BCUT2D eigenvalue weighted by Crippen LogP contribution is -1.97. The van der Waals surface area contributed by atoms with Crippen molar-refractivity contribution in [3.63, 3.8) is 0 Å². The standard InChI is InChI=1S/C12H12N2O2S/c15-12(16)8-1-3-14-6-10(13-11(14)5-8)9-2-4-17-7-9/h1,3,5-6,9H,2,4,7H2,(H,15,16). The van der Waals surface area contributed by atoms with E-state index < -0.39 is 5.97 Å². The van der Waals surface area contributed by atoms with Crippen LogP contribution in [0.1, 0.15) is 28.4 Å². The Morgan fingerprint density at radius 3 is 3.18 bits per heavy atom. The van der Waals surface area contributed by atoms with Gasteiger partial charge in [-0.2, -0.15) is 11.8 Å². The van der Waals surface area contributed by atoms with Crippen LogP contribution in [0.25, 0.3) is 5.65 Å². The molecule has 1 N–H and O–H groups in total. The number of carboxylic acid groups (broad SMARTS) is 1. The van der Waals surface area contributed by atoms with Gasteiger partial charge in [-0.15, -0.1) is 0 Å². The van der Waals surface area contributed by atoms with Crippen molar-refractivity contribution in [3.05, 3.63) is 35.8 Å². The molecule has 88 valence electrons. The summed E-state index contributed by atoms with van der Waals surface area (Å²) in [6, 6.07) is 3.22. The predicted molar refractivity (Wildman–Crippen MR) is 66.8 cm³/mol. The number of carbonyl (C=O) groups is 1. The number of hydrogen-bond donors (Lipinski definition) is 1. The molecule has 0 spiro atoms. The minimum Gasteiger partial charge on any atom is -0.478 e. The van der Waals surface area contributed by atoms with Gasteiger partial charge in [0.2, 0.25) is 0 Å². The third kappa shape index (κ3) is 1.91. The lowest BCUT2D eigenvalue weighted by molar-refractivity contribution is 0.0697. The summed E-state index contributed by atoms with van der Waals surface area (Å²) in [6.45, 7) is 0. The highest BCUT2D eigenvalue weighted by Crippen LogP contribution is 2.31. The van der Waals surface area contributed by atoms with Crippen LogP contribution in [0.5, 0.6) is 0 Å². The zero-order chi connectivity index (χ0) is 11.8. The summed E-state index contributed by atoms with van der Waals surface area (Å²) in [4.78, 5) is 15.4. The average Bonchev–Trinajstić information content (AvgIpc) is 2.96. The van der Waals surface area contributed by atoms with Gasteiger partial charge in [0.05, 0.1) is 11.3 Å². The first kappa shape index (κ1) is 10.7. The summed E-state index contributed by atoms with van der Waals surface area (Å²) in [5.74, 6) is 1.93. The number of carboxylic acids is 1. The molecule has 4 nitrogen and oxygen atoms in total. The Morgan fingerprint density at radius 2 is 2.47 bits per heavy atom. The number of aromatic carboxylic acids is 1. The number of rotatable bonds is 2. The van der Waals surface area contributed by atoms with Crippen molar-refractivity contribution in [2.24, 2.45) is 0 Å². The molecule has 2 aromatic rings. The third-order valence-electron chi connectivity index (χ3n) is 3.07. The topological polar surface area (TPSA) is 54.6 Å². The molecule has 0 aromatic carbocycles. The maximum atomic E-state index is 10.9. The number of thioether (sulfide) groups is 1. The van der Waals surface area contributed by atoms with E-state index in [0.717, 1.165) is 17.1 Å². The van der Waals surface area contributed by atoms with Gasteiger partial charge in [-0.25, -0.2) is 9.78 Å². The van der Waals surface area contributed by atoms with Crippen LogP contribution in [0.15, 0.2) is 24.5 Å². The largest absolute Gasteiger partial charge is 0.478 e. The molecule has 0 saturated carbocycles. The molecule has 3 rings (SSSR count). The zero-order valence-corrected chi connectivity index (χ0v) is 9.98. The Balaban J connectivity index is 2.03. The highest BCUT2D eigenvalue weighted by atomic mass is 32.2. The lowest BCUT2D eigenvalue weighted by Gasteiger charge is -2.01. The summed E-state index contributed by atoms with van der Waals surface area (Å²) >= 11 is 1.95. The fourth-order valence-corrected chi connectivity index (χ4v) is 3.34. The predicted octanol–water partition coefficient (Wildman–Crippen LogP) is 2.25. The Kier molecular flexibility index (Phi) is 2.55. The number of imidazole rings is 1. The first-order valence-electron chi connectivity index (χ1n) is 5.54. The molecule has 0 amide bonds. The van der Waals surface area contributed by atoms with Crippen LogP contribution in [0.3, 0.4) is 0 Å². The van der Waals surface area contributed by atoms with Gasteiger partial charge in [-0.1, -0.05) is 0 Å². The quantitative estimate of drug-likeness (QED) is 0.885. The van der Waals surface area contributed by atoms with Gasteiger partial charge >= 0.3 is 5.97 Å². The van der Waals surface area contributed by atoms with Crippen molar-refractivity contribution in [1.82, 2.24) is 9.38 Å². The molecule has 1 aliphatic rings. The summed E-state index contributed by atoms with van der Waals surface area (Å²) in [5, 5.41) is 8.92. The number of hydrogen-bond acceptors (Lipinski definition) is 3. The van der Waals surface area contributed by atoms with Gasteiger partial charge in [0.1, 0.15) is 5.65 Å². The number of aromatic nitrogens is 2. The van der Waals surface area contributed by atoms with Crippen LogP contribution in [-0.4, -0.2) is 32.0 Å². The van der Waals surface area contributed by atoms with Crippen LogP contribution >= 0.6 is 11.8 Å². The van der Waals surface area contributed by atoms with E-state index in [1.807, 2.05) is 22.4 Å². The van der Waals surface area contributed by atoms with E-state index in [1.165, 1.54) is 12.2 Å². The van der Waals surface area contributed by atoms with E-state index in [4.69, 9.17) is 5.11 Å². The third-order valence-corrected chi connectivity index (χ3v) is 4.24. The van der Waals surface area contributed by atoms with Crippen molar-refractivity contribution in [1.29, 1.82) is 0 Å². The Morgan fingerprint density at radius 1 is 1.59 bits per heavy atom. The van der Waals surface area contributed by atoms with E-state index in [2.05, 4.69) is 4.98 Å². The molecule has 0 aliphatic carbocycles. The Hall–Kier alpha value is -1.49. The van der Waals surface area contributed by atoms with Gasteiger partial charge in [-0.3, -0.25) is 0 Å². The van der Waals surface area contributed by atoms with Gasteiger partial charge in [0, 0.05) is 24.1 Å². The van der Waals surface area contributed by atoms with Gasteiger partial charge in [-0.05, 0) is 24.3 Å². The Labute approximate surface area is 103 Å². The minimum atomic E-state index is -0.909. The summed E-state index contributed by atoms with van der Waals surface area (Å²) in [5.41, 5.74) is 2.09. The highest BCUT2D eigenvalue weighted by Gasteiger charge is 2.20. The van der Waals surface area contributed by atoms with Gasteiger partial charge in [0.15, 0.2) is 0 Å². The molecule has 5 heteroatoms. The first-order chi connectivity index (χ1) is 8.24. The van der Waals surface area contributed by atoms with Crippen molar-refractivity contribution < 1.29 is 9.90 Å². The second kappa shape index (κ2) is 4.07. The summed E-state index contributed by atoms with van der Waals surface area (Å²) in [6.07, 6.45) is 4.94. The molecule has 2 aromatic heterocycles. The van der Waals surface area contributed by atoms with Gasteiger partial charge < -0.3 is 9.51 Å². The molecular weight excluding hydrogens is 236 g/mol. The molecular formula is C12H12N2O2S. The molecule has 1 saturated heterocycles. The van der Waals surface area contributed by atoms with Crippen LogP contribution in [0.4, 0.5) is 0 Å². The molecule has 17 heavy (non-hydrogen) atoms. The molecule has 1 unspecified atom stereocenters. The summed E-state index contributed by atoms with van der Waals surface area (Å²) < 4.78 is 1.89.